The molecule has 1 unspecified atom stereocenters. The Morgan fingerprint density at radius 2 is 2.00 bits per heavy atom. The summed E-state index contributed by atoms with van der Waals surface area (Å²) < 4.78 is 0. The molecule has 2 rings (SSSR count). The van der Waals surface area contributed by atoms with Crippen molar-refractivity contribution in [3.05, 3.63) is 22.4 Å². The predicted octanol–water partition coefficient (Wildman–Crippen LogP) is 5.39. The van der Waals surface area contributed by atoms with E-state index in [2.05, 4.69) is 17.5 Å². The molecule has 1 aromatic rings. The van der Waals surface area contributed by atoms with E-state index in [0.717, 1.165) is 5.92 Å². The van der Waals surface area contributed by atoms with Crippen molar-refractivity contribution in [3.63, 3.8) is 0 Å². The van der Waals surface area contributed by atoms with E-state index in [4.69, 9.17) is 11.6 Å². The van der Waals surface area contributed by atoms with E-state index >= 15 is 0 Å². The summed E-state index contributed by atoms with van der Waals surface area (Å²) in [6.07, 6.45) is 9.67. The van der Waals surface area contributed by atoms with Gasteiger partial charge in [0.2, 0.25) is 0 Å². The molecule has 1 saturated carbocycles. The van der Waals surface area contributed by atoms with Crippen LogP contribution in [0, 0.1) is 5.92 Å². The van der Waals surface area contributed by atoms with Crippen LogP contribution in [0.5, 0.6) is 0 Å². The minimum Gasteiger partial charge on any atom is -0.147 e. The third kappa shape index (κ3) is 3.49. The van der Waals surface area contributed by atoms with Crippen LogP contribution in [0.2, 0.25) is 0 Å². The molecule has 0 aliphatic heterocycles. The van der Waals surface area contributed by atoms with Crippen molar-refractivity contribution in [1.82, 2.24) is 0 Å². The lowest BCUT2D eigenvalue weighted by molar-refractivity contribution is 0.424. The van der Waals surface area contributed by atoms with Gasteiger partial charge in [-0.15, -0.1) is 22.9 Å². The Kier molecular flexibility index (Phi) is 4.52. The summed E-state index contributed by atoms with van der Waals surface area (Å²) in [7, 11) is 0. The first kappa shape index (κ1) is 11.5. The van der Waals surface area contributed by atoms with E-state index < -0.39 is 0 Å². The maximum absolute atomic E-state index is 6.44. The first-order chi connectivity index (χ1) is 7.36. The van der Waals surface area contributed by atoms with Gasteiger partial charge in [-0.25, -0.2) is 0 Å². The molecular formula is C13H19ClS. The van der Waals surface area contributed by atoms with Crippen molar-refractivity contribution < 1.29 is 0 Å². The van der Waals surface area contributed by atoms with E-state index in [0.29, 0.717) is 0 Å². The maximum Gasteiger partial charge on any atom is 0.0681 e. The molecule has 0 spiro atoms. The highest BCUT2D eigenvalue weighted by atomic mass is 35.5. The Morgan fingerprint density at radius 3 is 2.60 bits per heavy atom. The lowest BCUT2D eigenvalue weighted by Crippen LogP contribution is -2.02. The third-order valence-electron chi connectivity index (χ3n) is 3.37. The fraction of sp³-hybridized carbons (Fsp3) is 0.692. The molecule has 1 atom stereocenters. The van der Waals surface area contributed by atoms with Gasteiger partial charge in [0.05, 0.1) is 5.38 Å². The molecule has 1 aromatic heterocycles. The molecule has 0 aromatic carbocycles. The molecule has 0 N–H and O–H groups in total. The average Bonchev–Trinajstić information content (AvgIpc) is 2.65. The van der Waals surface area contributed by atoms with Crippen LogP contribution in [0.4, 0.5) is 0 Å². The summed E-state index contributed by atoms with van der Waals surface area (Å²) in [5.74, 6) is 0.872. The molecule has 0 saturated heterocycles. The van der Waals surface area contributed by atoms with Crippen molar-refractivity contribution >= 4 is 22.9 Å². The van der Waals surface area contributed by atoms with Crippen molar-refractivity contribution in [1.29, 1.82) is 0 Å². The second kappa shape index (κ2) is 5.91. The SMILES string of the molecule is ClC(CC1CCCCCC1)c1cccs1. The van der Waals surface area contributed by atoms with Gasteiger partial charge in [0, 0.05) is 4.88 Å². The molecule has 0 bridgehead atoms. The Labute approximate surface area is 102 Å². The molecule has 1 heterocycles. The fourth-order valence-electron chi connectivity index (χ4n) is 2.48. The standard InChI is InChI=1S/C13H19ClS/c14-12(13-8-5-9-15-13)10-11-6-3-1-2-4-7-11/h5,8-9,11-12H,1-4,6-7,10H2. The van der Waals surface area contributed by atoms with Gasteiger partial charge in [0.1, 0.15) is 0 Å². The molecule has 1 aliphatic rings. The van der Waals surface area contributed by atoms with Gasteiger partial charge in [-0.1, -0.05) is 44.6 Å². The zero-order chi connectivity index (χ0) is 10.5. The van der Waals surface area contributed by atoms with Gasteiger partial charge < -0.3 is 0 Å². The minimum absolute atomic E-state index is 0.257. The van der Waals surface area contributed by atoms with Crippen molar-refractivity contribution in [2.24, 2.45) is 5.92 Å². The Bertz CT molecular complexity index is 260. The van der Waals surface area contributed by atoms with E-state index in [1.54, 1.807) is 11.3 Å². The fourth-order valence-corrected chi connectivity index (χ4v) is 3.67. The Balaban J connectivity index is 1.84. The van der Waals surface area contributed by atoms with Crippen LogP contribution in [0.25, 0.3) is 0 Å². The van der Waals surface area contributed by atoms with E-state index in [1.165, 1.54) is 49.8 Å². The van der Waals surface area contributed by atoms with E-state index in [1.807, 2.05) is 0 Å². The Hall–Kier alpha value is -0.0100. The van der Waals surface area contributed by atoms with Gasteiger partial charge in [0.25, 0.3) is 0 Å². The topological polar surface area (TPSA) is 0 Å². The van der Waals surface area contributed by atoms with E-state index in [9.17, 15) is 0 Å². The van der Waals surface area contributed by atoms with Crippen molar-refractivity contribution in [3.8, 4) is 0 Å². The van der Waals surface area contributed by atoms with Gasteiger partial charge in [-0.2, -0.15) is 0 Å². The molecule has 0 nitrogen and oxygen atoms in total. The lowest BCUT2D eigenvalue weighted by atomic mass is 9.94. The summed E-state index contributed by atoms with van der Waals surface area (Å²) >= 11 is 8.24. The second-order valence-electron chi connectivity index (χ2n) is 4.58. The number of hydrogen-bond donors (Lipinski definition) is 0. The number of thiophene rings is 1. The second-order valence-corrected chi connectivity index (χ2v) is 6.08. The van der Waals surface area contributed by atoms with E-state index in [-0.39, 0.29) is 5.38 Å². The molecule has 1 fully saturated rings. The summed E-state index contributed by atoms with van der Waals surface area (Å²) in [5.41, 5.74) is 0. The highest BCUT2D eigenvalue weighted by Gasteiger charge is 2.18. The highest BCUT2D eigenvalue weighted by molar-refractivity contribution is 7.10. The van der Waals surface area contributed by atoms with Crippen molar-refractivity contribution in [2.75, 3.05) is 0 Å². The molecule has 1 aliphatic carbocycles. The molecule has 2 heteroatoms. The minimum atomic E-state index is 0.257. The first-order valence-electron chi connectivity index (χ1n) is 6.04. The largest absolute Gasteiger partial charge is 0.147 e. The molecule has 0 amide bonds. The quantitative estimate of drug-likeness (QED) is 0.493. The van der Waals surface area contributed by atoms with Crippen LogP contribution in [0.3, 0.4) is 0 Å². The molecular weight excluding hydrogens is 224 g/mol. The van der Waals surface area contributed by atoms with Crippen LogP contribution in [0.1, 0.15) is 55.2 Å². The first-order valence-corrected chi connectivity index (χ1v) is 7.35. The van der Waals surface area contributed by atoms with Gasteiger partial charge in [0.15, 0.2) is 0 Å². The van der Waals surface area contributed by atoms with Crippen LogP contribution in [-0.2, 0) is 0 Å². The maximum atomic E-state index is 6.44. The monoisotopic (exact) mass is 242 g/mol. The lowest BCUT2D eigenvalue weighted by Gasteiger charge is -2.16. The van der Waals surface area contributed by atoms with Gasteiger partial charge >= 0.3 is 0 Å². The number of alkyl halides is 1. The smallest absolute Gasteiger partial charge is 0.0681 e. The van der Waals surface area contributed by atoms with Crippen LogP contribution in [0.15, 0.2) is 17.5 Å². The highest BCUT2D eigenvalue weighted by Crippen LogP contribution is 2.36. The predicted molar refractivity (Wildman–Crippen MR) is 68.7 cm³/mol. The third-order valence-corrected chi connectivity index (χ3v) is 4.90. The Morgan fingerprint density at radius 1 is 1.27 bits per heavy atom. The summed E-state index contributed by atoms with van der Waals surface area (Å²) in [4.78, 5) is 1.35. The van der Waals surface area contributed by atoms with Gasteiger partial charge in [-0.05, 0) is 23.8 Å². The summed E-state index contributed by atoms with van der Waals surface area (Å²) in [6.45, 7) is 0. The van der Waals surface area contributed by atoms with Crippen LogP contribution < -0.4 is 0 Å². The normalized spacial score (nSPS) is 21.1. The zero-order valence-electron chi connectivity index (χ0n) is 9.12. The number of hydrogen-bond acceptors (Lipinski definition) is 1. The summed E-state index contributed by atoms with van der Waals surface area (Å²) in [6, 6.07) is 4.27. The summed E-state index contributed by atoms with van der Waals surface area (Å²) in [5, 5.41) is 2.38. The molecule has 84 valence electrons. The average molecular weight is 243 g/mol. The number of rotatable bonds is 3. The number of halogens is 1. The molecule has 0 radical (unpaired) electrons. The molecule has 15 heavy (non-hydrogen) atoms. The van der Waals surface area contributed by atoms with Gasteiger partial charge in [-0.3, -0.25) is 0 Å². The van der Waals surface area contributed by atoms with Crippen LogP contribution in [-0.4, -0.2) is 0 Å². The van der Waals surface area contributed by atoms with Crippen molar-refractivity contribution in [2.45, 2.75) is 50.3 Å². The van der Waals surface area contributed by atoms with Crippen LogP contribution >= 0.6 is 22.9 Å². The zero-order valence-corrected chi connectivity index (χ0v) is 10.7.